The first-order valence-electron chi connectivity index (χ1n) is 6.63. The highest BCUT2D eigenvalue weighted by molar-refractivity contribution is 7.92. The molecule has 0 radical (unpaired) electrons. The van der Waals surface area contributed by atoms with Crippen molar-refractivity contribution in [2.75, 3.05) is 18.0 Å². The van der Waals surface area contributed by atoms with Crippen molar-refractivity contribution in [3.63, 3.8) is 0 Å². The van der Waals surface area contributed by atoms with Crippen molar-refractivity contribution in [3.8, 4) is 5.75 Å². The number of rotatable bonds is 5. The van der Waals surface area contributed by atoms with E-state index in [4.69, 9.17) is 16.3 Å². The topological polar surface area (TPSA) is 46.6 Å². The monoisotopic (exact) mass is 379 g/mol. The van der Waals surface area contributed by atoms with Gasteiger partial charge in [0.15, 0.2) is 0 Å². The fourth-order valence-electron chi connectivity index (χ4n) is 2.01. The lowest BCUT2D eigenvalue weighted by molar-refractivity contribution is -0.117. The third-order valence-electron chi connectivity index (χ3n) is 3.08. The summed E-state index contributed by atoms with van der Waals surface area (Å²) < 4.78 is 69.2. The number of hydrogen-bond acceptors (Lipinski definition) is 3. The highest BCUT2D eigenvalue weighted by atomic mass is 35.5. The van der Waals surface area contributed by atoms with Gasteiger partial charge in [0.05, 0.1) is 22.7 Å². The molecule has 0 amide bonds. The minimum atomic E-state index is -4.71. The van der Waals surface area contributed by atoms with E-state index in [0.717, 1.165) is 12.1 Å². The summed E-state index contributed by atoms with van der Waals surface area (Å²) in [5.74, 6) is 0.220. The predicted octanol–water partition coefficient (Wildman–Crippen LogP) is 4.11. The van der Waals surface area contributed by atoms with Gasteiger partial charge in [0, 0.05) is 0 Å². The molecule has 0 aliphatic heterocycles. The van der Waals surface area contributed by atoms with Crippen molar-refractivity contribution in [2.24, 2.45) is 0 Å². The molecule has 0 N–H and O–H groups in total. The van der Waals surface area contributed by atoms with Crippen molar-refractivity contribution in [3.05, 3.63) is 53.6 Å². The van der Waals surface area contributed by atoms with E-state index in [9.17, 15) is 21.6 Å². The van der Waals surface area contributed by atoms with Crippen LogP contribution in [-0.2, 0) is 10.0 Å². The van der Waals surface area contributed by atoms with Gasteiger partial charge in [-0.15, -0.1) is 0 Å². The Morgan fingerprint density at radius 1 is 1.12 bits per heavy atom. The summed E-state index contributed by atoms with van der Waals surface area (Å²) in [5.41, 5.74) is -0.0956. The van der Waals surface area contributed by atoms with E-state index in [1.165, 1.54) is 37.4 Å². The number of anilines is 1. The lowest BCUT2D eigenvalue weighted by Gasteiger charge is -2.25. The van der Waals surface area contributed by atoms with E-state index >= 15 is 0 Å². The number of ether oxygens (including phenoxy) is 1. The number of methoxy groups -OCH3 is 1. The van der Waals surface area contributed by atoms with Crippen LogP contribution in [-0.4, -0.2) is 28.2 Å². The average molecular weight is 380 g/mol. The summed E-state index contributed by atoms with van der Waals surface area (Å²) in [6.45, 7) is -1.65. The standard InChI is InChI=1S/C15H13ClF3NO3S/c1-23-14-8-7-12(9-13(14)16)24(21,22)20(10-15(17,18)19)11-5-3-2-4-6-11/h2-9H,10H2,1H3. The fourth-order valence-corrected chi connectivity index (χ4v) is 3.81. The maximum atomic E-state index is 12.9. The second kappa shape index (κ2) is 6.90. The number of nitrogens with zero attached hydrogens (tertiary/aromatic N) is 1. The molecule has 130 valence electrons. The van der Waals surface area contributed by atoms with Crippen molar-refractivity contribution in [1.82, 2.24) is 0 Å². The van der Waals surface area contributed by atoms with E-state index in [1.807, 2.05) is 0 Å². The summed E-state index contributed by atoms with van der Waals surface area (Å²) in [5, 5.41) is -0.0152. The molecule has 0 unspecified atom stereocenters. The maximum absolute atomic E-state index is 12.9. The van der Waals surface area contributed by atoms with Gasteiger partial charge in [-0.2, -0.15) is 13.2 Å². The number of sulfonamides is 1. The first kappa shape index (κ1) is 18.4. The van der Waals surface area contributed by atoms with Crippen LogP contribution in [0.2, 0.25) is 5.02 Å². The molecule has 4 nitrogen and oxygen atoms in total. The van der Waals surface area contributed by atoms with Gasteiger partial charge < -0.3 is 4.74 Å². The van der Waals surface area contributed by atoms with Gasteiger partial charge in [0.1, 0.15) is 12.3 Å². The minimum absolute atomic E-state index is 0.0152. The van der Waals surface area contributed by atoms with Crippen molar-refractivity contribution < 1.29 is 26.3 Å². The largest absolute Gasteiger partial charge is 0.495 e. The summed E-state index contributed by atoms with van der Waals surface area (Å²) in [6, 6.07) is 10.5. The van der Waals surface area contributed by atoms with Crippen LogP contribution < -0.4 is 9.04 Å². The Balaban J connectivity index is 2.53. The lowest BCUT2D eigenvalue weighted by atomic mass is 10.3. The molecule has 0 aromatic heterocycles. The van der Waals surface area contributed by atoms with Gasteiger partial charge in [-0.1, -0.05) is 29.8 Å². The van der Waals surface area contributed by atoms with Gasteiger partial charge >= 0.3 is 6.18 Å². The van der Waals surface area contributed by atoms with Crippen LogP contribution in [0.4, 0.5) is 18.9 Å². The van der Waals surface area contributed by atoms with Gasteiger partial charge in [0.2, 0.25) is 0 Å². The van der Waals surface area contributed by atoms with E-state index in [-0.39, 0.29) is 21.4 Å². The Labute approximate surface area is 142 Å². The third-order valence-corrected chi connectivity index (χ3v) is 5.14. The normalized spacial score (nSPS) is 12.0. The number of benzene rings is 2. The van der Waals surface area contributed by atoms with Crippen LogP contribution in [0.1, 0.15) is 0 Å². The number of alkyl halides is 3. The van der Waals surface area contributed by atoms with E-state index in [1.54, 1.807) is 6.07 Å². The Kier molecular flexibility index (Phi) is 5.29. The second-order valence-corrected chi connectivity index (χ2v) is 7.03. The minimum Gasteiger partial charge on any atom is -0.495 e. The molecule has 24 heavy (non-hydrogen) atoms. The smallest absolute Gasteiger partial charge is 0.407 e. The zero-order chi connectivity index (χ0) is 18.0. The highest BCUT2D eigenvalue weighted by Crippen LogP contribution is 2.32. The summed E-state index contributed by atoms with van der Waals surface area (Å²) in [7, 11) is -3.12. The average Bonchev–Trinajstić information content (AvgIpc) is 2.52. The molecule has 0 spiro atoms. The van der Waals surface area contributed by atoms with Crippen LogP contribution in [0, 0.1) is 0 Å². The molecule has 0 aliphatic carbocycles. The molecule has 0 saturated carbocycles. The first-order chi connectivity index (χ1) is 11.1. The molecular formula is C15H13ClF3NO3S. The Morgan fingerprint density at radius 3 is 2.25 bits per heavy atom. The fraction of sp³-hybridized carbons (Fsp3) is 0.200. The zero-order valence-corrected chi connectivity index (χ0v) is 14.0. The van der Waals surface area contributed by atoms with Crippen molar-refractivity contribution >= 4 is 27.3 Å². The van der Waals surface area contributed by atoms with Crippen molar-refractivity contribution in [1.29, 1.82) is 0 Å². The van der Waals surface area contributed by atoms with Gasteiger partial charge in [-0.3, -0.25) is 4.31 Å². The number of para-hydroxylation sites is 1. The van der Waals surface area contributed by atoms with Crippen LogP contribution >= 0.6 is 11.6 Å². The molecule has 0 fully saturated rings. The summed E-state index contributed by atoms with van der Waals surface area (Å²) in [6.07, 6.45) is -4.71. The summed E-state index contributed by atoms with van der Waals surface area (Å²) in [4.78, 5) is -0.360. The molecule has 2 aromatic rings. The molecule has 0 saturated heterocycles. The molecule has 2 rings (SSSR count). The molecule has 0 aliphatic rings. The van der Waals surface area contributed by atoms with Gasteiger partial charge in [-0.05, 0) is 30.3 Å². The number of hydrogen-bond donors (Lipinski definition) is 0. The Morgan fingerprint density at radius 2 is 1.75 bits per heavy atom. The van der Waals surface area contributed by atoms with Crippen LogP contribution in [0.25, 0.3) is 0 Å². The van der Waals surface area contributed by atoms with E-state index in [0.29, 0.717) is 4.31 Å². The van der Waals surface area contributed by atoms with Crippen LogP contribution in [0.15, 0.2) is 53.4 Å². The maximum Gasteiger partial charge on any atom is 0.407 e. The quantitative estimate of drug-likeness (QED) is 0.785. The van der Waals surface area contributed by atoms with Crippen LogP contribution in [0.5, 0.6) is 5.75 Å². The zero-order valence-electron chi connectivity index (χ0n) is 12.4. The van der Waals surface area contributed by atoms with Crippen molar-refractivity contribution in [2.45, 2.75) is 11.1 Å². The number of halogens is 4. The van der Waals surface area contributed by atoms with Crippen LogP contribution in [0.3, 0.4) is 0 Å². The Bertz CT molecular complexity index is 810. The van der Waals surface area contributed by atoms with Gasteiger partial charge in [0.25, 0.3) is 10.0 Å². The van der Waals surface area contributed by atoms with Gasteiger partial charge in [-0.25, -0.2) is 8.42 Å². The third kappa shape index (κ3) is 4.12. The summed E-state index contributed by atoms with van der Waals surface area (Å²) >= 11 is 5.89. The predicted molar refractivity (Wildman–Crippen MR) is 85.0 cm³/mol. The molecular weight excluding hydrogens is 367 g/mol. The molecule has 0 bridgehead atoms. The molecule has 0 heterocycles. The lowest BCUT2D eigenvalue weighted by Crippen LogP contribution is -2.39. The SMILES string of the molecule is COc1ccc(S(=O)(=O)N(CC(F)(F)F)c2ccccc2)cc1Cl. The second-order valence-electron chi connectivity index (χ2n) is 4.76. The Hall–Kier alpha value is -1.93. The first-order valence-corrected chi connectivity index (χ1v) is 8.45. The molecule has 9 heteroatoms. The highest BCUT2D eigenvalue weighted by Gasteiger charge is 2.37. The van der Waals surface area contributed by atoms with E-state index in [2.05, 4.69) is 0 Å². The molecule has 0 atom stereocenters. The van der Waals surface area contributed by atoms with E-state index < -0.39 is 22.7 Å². The molecule has 2 aromatic carbocycles.